The van der Waals surface area contributed by atoms with E-state index in [0.717, 1.165) is 42.9 Å². The average Bonchev–Trinajstić information content (AvgIpc) is 2.63. The summed E-state index contributed by atoms with van der Waals surface area (Å²) in [7, 11) is 0. The number of nitrogens with one attached hydrogen (secondary N) is 1. The van der Waals surface area contributed by atoms with Crippen LogP contribution in [0.4, 0.5) is 0 Å². The highest BCUT2D eigenvalue weighted by Gasteiger charge is 2.24. The summed E-state index contributed by atoms with van der Waals surface area (Å²) in [4.78, 5) is 15.8. The van der Waals surface area contributed by atoms with E-state index in [1.54, 1.807) is 0 Å². The number of halogens is 1. The van der Waals surface area contributed by atoms with Crippen LogP contribution in [0.2, 0.25) is 0 Å². The van der Waals surface area contributed by atoms with Gasteiger partial charge in [-0.1, -0.05) is 51.8 Å². The third kappa shape index (κ3) is 5.06. The third-order valence-corrected chi connectivity index (χ3v) is 5.38. The Morgan fingerprint density at radius 2 is 1.80 bits per heavy atom. The van der Waals surface area contributed by atoms with Crippen LogP contribution >= 0.6 is 15.9 Å². The van der Waals surface area contributed by atoms with Crippen molar-refractivity contribution < 1.29 is 14.4 Å². The number of piperazine rings is 1. The van der Waals surface area contributed by atoms with Gasteiger partial charge in [0.25, 0.3) is 5.91 Å². The van der Waals surface area contributed by atoms with Gasteiger partial charge in [-0.25, -0.2) is 0 Å². The molecule has 0 bridgehead atoms. The summed E-state index contributed by atoms with van der Waals surface area (Å²) in [5.74, 6) is 0.817. The first-order valence-electron chi connectivity index (χ1n) is 8.66. The Hall–Kier alpha value is -1.85. The lowest BCUT2D eigenvalue weighted by Gasteiger charge is -2.32. The zero-order chi connectivity index (χ0) is 17.6. The molecule has 0 atom stereocenters. The molecule has 1 fully saturated rings. The lowest BCUT2D eigenvalue weighted by atomic mass is 10.2. The molecule has 1 heterocycles. The quantitative estimate of drug-likeness (QED) is 0.828. The Kier molecular flexibility index (Phi) is 6.10. The summed E-state index contributed by atoms with van der Waals surface area (Å²) in [5, 5.41) is 0. The topological polar surface area (TPSA) is 34.0 Å². The minimum Gasteiger partial charge on any atom is -0.484 e. The van der Waals surface area contributed by atoms with Gasteiger partial charge in [0.15, 0.2) is 6.61 Å². The van der Waals surface area contributed by atoms with Crippen LogP contribution in [-0.4, -0.2) is 43.6 Å². The van der Waals surface area contributed by atoms with Crippen LogP contribution in [-0.2, 0) is 11.3 Å². The molecule has 4 nitrogen and oxygen atoms in total. The van der Waals surface area contributed by atoms with Crippen LogP contribution in [0.3, 0.4) is 0 Å². The molecule has 5 heteroatoms. The Bertz CT molecular complexity index is 710. The monoisotopic (exact) mass is 403 g/mol. The minimum absolute atomic E-state index is 0.0699. The molecule has 1 amide bonds. The van der Waals surface area contributed by atoms with Crippen molar-refractivity contribution >= 4 is 21.8 Å². The second-order valence-electron chi connectivity index (χ2n) is 6.50. The van der Waals surface area contributed by atoms with Gasteiger partial charge in [-0.15, -0.1) is 0 Å². The second kappa shape index (κ2) is 8.50. The van der Waals surface area contributed by atoms with Gasteiger partial charge in [0.2, 0.25) is 0 Å². The highest BCUT2D eigenvalue weighted by atomic mass is 79.9. The summed E-state index contributed by atoms with van der Waals surface area (Å²) >= 11 is 3.61. The summed E-state index contributed by atoms with van der Waals surface area (Å²) in [6.07, 6.45) is 0. The van der Waals surface area contributed by atoms with Gasteiger partial charge < -0.3 is 14.5 Å². The molecular weight excluding hydrogens is 380 g/mol. The van der Waals surface area contributed by atoms with E-state index < -0.39 is 0 Å². The van der Waals surface area contributed by atoms with Gasteiger partial charge in [-0.05, 0) is 25.1 Å². The van der Waals surface area contributed by atoms with Crippen LogP contribution in [0.1, 0.15) is 11.1 Å². The molecule has 0 aliphatic carbocycles. The van der Waals surface area contributed by atoms with E-state index in [9.17, 15) is 4.79 Å². The second-order valence-corrected chi connectivity index (χ2v) is 7.36. The van der Waals surface area contributed by atoms with Crippen molar-refractivity contribution in [2.45, 2.75) is 13.5 Å². The summed E-state index contributed by atoms with van der Waals surface area (Å²) in [6, 6.07) is 16.1. The zero-order valence-corrected chi connectivity index (χ0v) is 16.1. The number of hydrogen-bond donors (Lipinski definition) is 1. The van der Waals surface area contributed by atoms with Crippen LogP contribution in [0.15, 0.2) is 53.0 Å². The molecule has 0 radical (unpaired) electrons. The van der Waals surface area contributed by atoms with Crippen LogP contribution < -0.4 is 9.64 Å². The number of rotatable bonds is 5. The number of nitrogens with zero attached hydrogens (tertiary/aromatic N) is 1. The lowest BCUT2D eigenvalue weighted by Crippen LogP contribution is -3.13. The first kappa shape index (κ1) is 18.0. The SMILES string of the molecule is Cc1ccc(OCC(=O)N2CC[NH+](Cc3ccccc3Br)CC2)cc1. The standard InChI is InChI=1S/C20H23BrN2O2/c1-16-6-8-18(9-7-16)25-15-20(24)23-12-10-22(11-13-23)14-17-4-2-3-5-19(17)21/h2-9H,10-15H2,1H3/p+1. The molecule has 2 aromatic carbocycles. The number of ether oxygens (including phenoxy) is 1. The zero-order valence-electron chi connectivity index (χ0n) is 14.5. The number of carbonyl (C=O) groups is 1. The first-order chi connectivity index (χ1) is 12.1. The Labute approximate surface area is 157 Å². The Morgan fingerprint density at radius 1 is 1.12 bits per heavy atom. The van der Waals surface area contributed by atoms with Gasteiger partial charge in [-0.2, -0.15) is 0 Å². The number of quaternary nitrogens is 1. The summed E-state index contributed by atoms with van der Waals surface area (Å²) in [6.45, 7) is 6.65. The van der Waals surface area contributed by atoms with Crippen molar-refractivity contribution in [2.75, 3.05) is 32.8 Å². The lowest BCUT2D eigenvalue weighted by molar-refractivity contribution is -0.917. The van der Waals surface area contributed by atoms with E-state index in [-0.39, 0.29) is 12.5 Å². The number of carbonyl (C=O) groups excluding carboxylic acids is 1. The largest absolute Gasteiger partial charge is 0.484 e. The predicted octanol–water partition coefficient (Wildman–Crippen LogP) is 2.06. The third-order valence-electron chi connectivity index (χ3n) is 4.60. The van der Waals surface area contributed by atoms with Crippen LogP contribution in [0.5, 0.6) is 5.75 Å². The fraction of sp³-hybridized carbons (Fsp3) is 0.350. The minimum atomic E-state index is 0.0699. The molecular formula is C20H24BrN2O2+. The highest BCUT2D eigenvalue weighted by Crippen LogP contribution is 2.14. The maximum atomic E-state index is 12.3. The van der Waals surface area contributed by atoms with E-state index >= 15 is 0 Å². The number of amides is 1. The van der Waals surface area contributed by atoms with Gasteiger partial charge >= 0.3 is 0 Å². The molecule has 0 saturated carbocycles. The van der Waals surface area contributed by atoms with Crippen LogP contribution in [0.25, 0.3) is 0 Å². The molecule has 1 N–H and O–H groups in total. The van der Waals surface area contributed by atoms with Crippen molar-refractivity contribution in [1.82, 2.24) is 4.90 Å². The summed E-state index contributed by atoms with van der Waals surface area (Å²) in [5.41, 5.74) is 2.50. The molecule has 0 spiro atoms. The van der Waals surface area contributed by atoms with Gasteiger partial charge in [0.05, 0.1) is 26.2 Å². The van der Waals surface area contributed by atoms with Crippen molar-refractivity contribution in [1.29, 1.82) is 0 Å². The Balaban J connectivity index is 1.44. The number of benzene rings is 2. The number of hydrogen-bond acceptors (Lipinski definition) is 2. The van der Waals surface area contributed by atoms with E-state index in [1.807, 2.05) is 42.2 Å². The fourth-order valence-electron chi connectivity index (χ4n) is 3.03. The van der Waals surface area contributed by atoms with Gasteiger partial charge in [0, 0.05) is 10.0 Å². The van der Waals surface area contributed by atoms with E-state index in [1.165, 1.54) is 16.0 Å². The molecule has 132 valence electrons. The van der Waals surface area contributed by atoms with Crippen molar-refractivity contribution in [2.24, 2.45) is 0 Å². The molecule has 0 aromatic heterocycles. The maximum Gasteiger partial charge on any atom is 0.260 e. The summed E-state index contributed by atoms with van der Waals surface area (Å²) < 4.78 is 6.77. The molecule has 1 aliphatic rings. The smallest absolute Gasteiger partial charge is 0.260 e. The molecule has 1 aliphatic heterocycles. The van der Waals surface area contributed by atoms with Crippen molar-refractivity contribution in [3.8, 4) is 5.75 Å². The Morgan fingerprint density at radius 3 is 2.48 bits per heavy atom. The average molecular weight is 404 g/mol. The van der Waals surface area contributed by atoms with E-state index in [4.69, 9.17) is 4.74 Å². The van der Waals surface area contributed by atoms with Crippen LogP contribution in [0, 0.1) is 6.92 Å². The molecule has 25 heavy (non-hydrogen) atoms. The van der Waals surface area contributed by atoms with E-state index in [0.29, 0.717) is 0 Å². The van der Waals surface area contributed by atoms with Crippen molar-refractivity contribution in [3.05, 3.63) is 64.1 Å². The highest BCUT2D eigenvalue weighted by molar-refractivity contribution is 9.10. The van der Waals surface area contributed by atoms with Gasteiger partial charge in [0.1, 0.15) is 12.3 Å². The maximum absolute atomic E-state index is 12.3. The van der Waals surface area contributed by atoms with E-state index in [2.05, 4.69) is 34.1 Å². The molecule has 3 rings (SSSR count). The van der Waals surface area contributed by atoms with Gasteiger partial charge in [-0.3, -0.25) is 4.79 Å². The molecule has 0 unspecified atom stereocenters. The fourth-order valence-corrected chi connectivity index (χ4v) is 3.46. The number of aryl methyl sites for hydroxylation is 1. The first-order valence-corrected chi connectivity index (χ1v) is 9.45. The molecule has 1 saturated heterocycles. The molecule has 2 aromatic rings. The predicted molar refractivity (Wildman–Crippen MR) is 102 cm³/mol. The normalized spacial score (nSPS) is 15.2. The van der Waals surface area contributed by atoms with Crippen molar-refractivity contribution in [3.63, 3.8) is 0 Å².